The summed E-state index contributed by atoms with van der Waals surface area (Å²) < 4.78 is 16.3. The molecule has 0 saturated carbocycles. The van der Waals surface area contributed by atoms with E-state index in [1.54, 1.807) is 13.2 Å². The van der Waals surface area contributed by atoms with E-state index < -0.39 is 0 Å². The van der Waals surface area contributed by atoms with Gasteiger partial charge >= 0.3 is 0 Å². The second-order valence-electron chi connectivity index (χ2n) is 7.97. The number of anilines is 1. The number of nitrogens with zero attached hydrogens (tertiary/aromatic N) is 1. The fraction of sp³-hybridized carbons (Fsp3) is 0.385. The van der Waals surface area contributed by atoms with Crippen LogP contribution in [-0.2, 0) is 4.74 Å². The Morgan fingerprint density at radius 2 is 1.75 bits per heavy atom. The molecule has 6 heteroatoms. The molecule has 4 rings (SSSR count). The molecule has 1 aliphatic rings. The van der Waals surface area contributed by atoms with Crippen molar-refractivity contribution in [2.45, 2.75) is 19.8 Å². The quantitative estimate of drug-likeness (QED) is 0.476. The Kier molecular flexibility index (Phi) is 9.41. The van der Waals surface area contributed by atoms with Crippen molar-refractivity contribution >= 4 is 17.0 Å². The van der Waals surface area contributed by atoms with Crippen LogP contribution in [0.1, 0.15) is 24.6 Å². The van der Waals surface area contributed by atoms with Gasteiger partial charge in [0.15, 0.2) is 11.5 Å². The first kappa shape index (κ1) is 24.1. The van der Waals surface area contributed by atoms with Crippen LogP contribution in [0, 0.1) is 0 Å². The zero-order valence-corrected chi connectivity index (χ0v) is 20.1. The van der Waals surface area contributed by atoms with Crippen LogP contribution in [0.4, 0.5) is 5.69 Å². The summed E-state index contributed by atoms with van der Waals surface area (Å²) >= 11 is 1.85. The molecule has 3 aromatic rings. The molecule has 172 valence electrons. The number of nitrogens with two attached hydrogens (primary N) is 1. The fourth-order valence-corrected chi connectivity index (χ4v) is 4.28. The van der Waals surface area contributed by atoms with Crippen LogP contribution in [0.15, 0.2) is 60.0 Å². The summed E-state index contributed by atoms with van der Waals surface area (Å²) in [7, 11) is 1.61. The number of benzene rings is 2. The Morgan fingerprint density at radius 1 is 1.00 bits per heavy atom. The van der Waals surface area contributed by atoms with Crippen molar-refractivity contribution in [3.8, 4) is 22.6 Å². The Hall–Kier alpha value is -2.54. The number of thiophene rings is 1. The van der Waals surface area contributed by atoms with Gasteiger partial charge < -0.3 is 19.9 Å². The maximum Gasteiger partial charge on any atom is 0.162 e. The molecular weight excluding hydrogens is 420 g/mol. The molecule has 1 fully saturated rings. The minimum atomic E-state index is 0.637. The molecule has 5 nitrogen and oxygen atoms in total. The van der Waals surface area contributed by atoms with Crippen molar-refractivity contribution in [1.29, 1.82) is 0 Å². The van der Waals surface area contributed by atoms with Crippen molar-refractivity contribution in [1.82, 2.24) is 4.90 Å². The van der Waals surface area contributed by atoms with E-state index >= 15 is 0 Å². The van der Waals surface area contributed by atoms with Crippen molar-refractivity contribution in [3.63, 3.8) is 0 Å². The lowest BCUT2D eigenvalue weighted by atomic mass is 10.1. The molecule has 0 aliphatic carbocycles. The molecule has 1 aromatic heterocycles. The Labute approximate surface area is 195 Å². The van der Waals surface area contributed by atoms with E-state index in [1.165, 1.54) is 16.0 Å². The lowest BCUT2D eigenvalue weighted by Crippen LogP contribution is -2.38. The monoisotopic (exact) mass is 454 g/mol. The molecule has 1 saturated heterocycles. The Morgan fingerprint density at radius 3 is 2.41 bits per heavy atom. The largest absolute Gasteiger partial charge is 0.493 e. The molecule has 2 aromatic carbocycles. The fourth-order valence-electron chi connectivity index (χ4n) is 3.35. The average molecular weight is 455 g/mol. The van der Waals surface area contributed by atoms with Crippen LogP contribution in [0.2, 0.25) is 0 Å². The SMILES string of the molecule is CC(C)c1cc(-c2ccccc2)cs1.COc1cc(N)ccc1OCCN1CCOCC1. The molecule has 0 spiro atoms. The summed E-state index contributed by atoms with van der Waals surface area (Å²) in [6.07, 6.45) is 0. The first-order valence-electron chi connectivity index (χ1n) is 11.1. The standard InChI is InChI=1S/C13H20N2O3.C13H14S/c1-16-13-10-11(14)2-3-12(13)18-9-6-15-4-7-17-8-5-15;1-10(2)13-8-12(9-14-13)11-6-4-3-5-7-11/h2-3,10H,4-9,14H2,1H3;3-10H,1-2H3. The van der Waals surface area contributed by atoms with Gasteiger partial charge in [0.25, 0.3) is 0 Å². The Bertz CT molecular complexity index is 937. The summed E-state index contributed by atoms with van der Waals surface area (Å²) in [4.78, 5) is 3.79. The molecule has 0 atom stereocenters. The molecule has 0 amide bonds. The highest BCUT2D eigenvalue weighted by Crippen LogP contribution is 2.30. The minimum Gasteiger partial charge on any atom is -0.493 e. The third kappa shape index (κ3) is 7.26. The number of hydrogen-bond donors (Lipinski definition) is 1. The molecule has 32 heavy (non-hydrogen) atoms. The van der Waals surface area contributed by atoms with E-state index in [4.69, 9.17) is 19.9 Å². The van der Waals surface area contributed by atoms with E-state index in [0.717, 1.165) is 38.6 Å². The third-order valence-corrected chi connectivity index (χ3v) is 6.49. The number of hydrogen-bond acceptors (Lipinski definition) is 6. The molecule has 2 heterocycles. The van der Waals surface area contributed by atoms with E-state index in [0.29, 0.717) is 24.0 Å². The lowest BCUT2D eigenvalue weighted by molar-refractivity contribution is 0.0321. The van der Waals surface area contributed by atoms with Gasteiger partial charge in [0.05, 0.1) is 20.3 Å². The van der Waals surface area contributed by atoms with Crippen LogP contribution in [0.25, 0.3) is 11.1 Å². The van der Waals surface area contributed by atoms with Gasteiger partial charge in [0.2, 0.25) is 0 Å². The number of rotatable bonds is 7. The van der Waals surface area contributed by atoms with E-state index in [1.807, 2.05) is 23.5 Å². The van der Waals surface area contributed by atoms with Crippen LogP contribution >= 0.6 is 11.3 Å². The number of morpholine rings is 1. The summed E-state index contributed by atoms with van der Waals surface area (Å²) in [5.41, 5.74) is 9.03. The van der Waals surface area contributed by atoms with Gasteiger partial charge in [0.1, 0.15) is 6.61 Å². The van der Waals surface area contributed by atoms with Crippen molar-refractivity contribution in [3.05, 3.63) is 64.9 Å². The maximum absolute atomic E-state index is 5.72. The molecule has 2 N–H and O–H groups in total. The van der Waals surface area contributed by atoms with Crippen LogP contribution in [-0.4, -0.2) is 51.5 Å². The normalized spacial score (nSPS) is 14.0. The predicted octanol–water partition coefficient (Wildman–Crippen LogP) is 5.53. The molecular formula is C26H34N2O3S. The first-order valence-corrected chi connectivity index (χ1v) is 11.9. The van der Waals surface area contributed by atoms with Crippen LogP contribution < -0.4 is 15.2 Å². The van der Waals surface area contributed by atoms with Crippen molar-refractivity contribution in [2.75, 3.05) is 52.3 Å². The van der Waals surface area contributed by atoms with Crippen molar-refractivity contribution < 1.29 is 14.2 Å². The van der Waals surface area contributed by atoms with Gasteiger partial charge in [-0.15, -0.1) is 11.3 Å². The first-order chi connectivity index (χ1) is 15.6. The minimum absolute atomic E-state index is 0.637. The van der Waals surface area contributed by atoms with E-state index in [-0.39, 0.29) is 0 Å². The number of nitrogen functional groups attached to an aromatic ring is 1. The van der Waals surface area contributed by atoms with E-state index in [9.17, 15) is 0 Å². The van der Waals surface area contributed by atoms with E-state index in [2.05, 4.69) is 60.5 Å². The second-order valence-corrected chi connectivity index (χ2v) is 8.91. The third-order valence-electron chi connectivity index (χ3n) is 5.25. The highest BCUT2D eigenvalue weighted by Gasteiger charge is 2.11. The van der Waals surface area contributed by atoms with Gasteiger partial charge in [-0.05, 0) is 40.6 Å². The highest BCUT2D eigenvalue weighted by atomic mass is 32.1. The zero-order chi connectivity index (χ0) is 22.8. The zero-order valence-electron chi connectivity index (χ0n) is 19.3. The lowest BCUT2D eigenvalue weighted by Gasteiger charge is -2.26. The summed E-state index contributed by atoms with van der Waals surface area (Å²) in [5.74, 6) is 2.05. The predicted molar refractivity (Wildman–Crippen MR) is 134 cm³/mol. The topological polar surface area (TPSA) is 57.0 Å². The summed E-state index contributed by atoms with van der Waals surface area (Å²) in [5, 5.41) is 2.24. The van der Waals surface area contributed by atoms with Gasteiger partial charge in [-0.25, -0.2) is 0 Å². The highest BCUT2D eigenvalue weighted by molar-refractivity contribution is 7.10. The van der Waals surface area contributed by atoms with Gasteiger partial charge in [-0.1, -0.05) is 44.2 Å². The van der Waals surface area contributed by atoms with Gasteiger partial charge in [-0.2, -0.15) is 0 Å². The Balaban J connectivity index is 0.000000186. The second kappa shape index (κ2) is 12.5. The average Bonchev–Trinajstić information content (AvgIpc) is 3.33. The maximum atomic E-state index is 5.72. The molecule has 1 aliphatic heterocycles. The molecule has 0 bridgehead atoms. The smallest absolute Gasteiger partial charge is 0.162 e. The van der Waals surface area contributed by atoms with Gasteiger partial charge in [0, 0.05) is 36.3 Å². The van der Waals surface area contributed by atoms with Crippen molar-refractivity contribution in [2.24, 2.45) is 0 Å². The molecule has 0 radical (unpaired) electrons. The van der Waals surface area contributed by atoms with Gasteiger partial charge in [-0.3, -0.25) is 4.90 Å². The summed E-state index contributed by atoms with van der Waals surface area (Å²) in [6.45, 7) is 9.58. The molecule has 0 unspecified atom stereocenters. The number of methoxy groups -OCH3 is 1. The number of ether oxygens (including phenoxy) is 3. The van der Waals surface area contributed by atoms with Crippen LogP contribution in [0.5, 0.6) is 11.5 Å². The van der Waals surface area contributed by atoms with Crippen LogP contribution in [0.3, 0.4) is 0 Å². The summed E-state index contributed by atoms with van der Waals surface area (Å²) in [6, 6.07) is 18.3.